The largest absolute Gasteiger partial charge is 0.497 e. The lowest BCUT2D eigenvalue weighted by atomic mass is 10.2. The first-order chi connectivity index (χ1) is 12.7. The standard InChI is InChI=1S/C20H16N4O2/c1-26-19-7-3-6-17(10-19)24-20(25)15-9-18(13-22-12-15)23-16-5-2-4-14(8-16)11-21/h2-10,12-13,23H,1H3,(H,24,25). The van der Waals surface area contributed by atoms with Gasteiger partial charge in [0.05, 0.1) is 36.2 Å². The van der Waals surface area contributed by atoms with Crippen molar-refractivity contribution in [2.45, 2.75) is 0 Å². The molecule has 1 amide bonds. The quantitative estimate of drug-likeness (QED) is 0.731. The number of hydrogen-bond acceptors (Lipinski definition) is 5. The van der Waals surface area contributed by atoms with E-state index in [1.54, 1.807) is 61.8 Å². The van der Waals surface area contributed by atoms with Gasteiger partial charge in [-0.3, -0.25) is 9.78 Å². The number of carbonyl (C=O) groups is 1. The van der Waals surface area contributed by atoms with Crippen molar-refractivity contribution in [3.8, 4) is 11.8 Å². The molecule has 0 bridgehead atoms. The number of nitrogens with one attached hydrogen (secondary N) is 2. The average Bonchev–Trinajstić information content (AvgIpc) is 2.68. The molecule has 0 saturated carbocycles. The molecule has 2 aromatic carbocycles. The molecule has 1 heterocycles. The third-order valence-corrected chi connectivity index (χ3v) is 3.61. The fourth-order valence-corrected chi connectivity index (χ4v) is 2.37. The third kappa shape index (κ3) is 4.16. The zero-order chi connectivity index (χ0) is 18.4. The van der Waals surface area contributed by atoms with Crippen molar-refractivity contribution in [1.82, 2.24) is 4.98 Å². The molecule has 3 rings (SSSR count). The van der Waals surface area contributed by atoms with Crippen LogP contribution in [0.25, 0.3) is 0 Å². The Labute approximate surface area is 151 Å². The van der Waals surface area contributed by atoms with Gasteiger partial charge >= 0.3 is 0 Å². The molecule has 0 aliphatic carbocycles. The maximum atomic E-state index is 12.5. The van der Waals surface area contributed by atoms with Crippen LogP contribution in [0.15, 0.2) is 67.0 Å². The van der Waals surface area contributed by atoms with Crippen LogP contribution >= 0.6 is 0 Å². The summed E-state index contributed by atoms with van der Waals surface area (Å²) in [6.07, 6.45) is 3.10. The molecule has 0 spiro atoms. The Bertz CT molecular complexity index is 979. The molecule has 0 fully saturated rings. The monoisotopic (exact) mass is 344 g/mol. The zero-order valence-electron chi connectivity index (χ0n) is 14.1. The van der Waals surface area contributed by atoms with Gasteiger partial charge in [0.15, 0.2) is 0 Å². The van der Waals surface area contributed by atoms with Crippen LogP contribution in [-0.4, -0.2) is 18.0 Å². The number of pyridine rings is 1. The van der Waals surface area contributed by atoms with Crippen molar-refractivity contribution in [2.75, 3.05) is 17.7 Å². The zero-order valence-corrected chi connectivity index (χ0v) is 14.1. The molecular weight excluding hydrogens is 328 g/mol. The van der Waals surface area contributed by atoms with Crippen LogP contribution in [0.2, 0.25) is 0 Å². The smallest absolute Gasteiger partial charge is 0.257 e. The van der Waals surface area contributed by atoms with E-state index >= 15 is 0 Å². The summed E-state index contributed by atoms with van der Waals surface area (Å²) < 4.78 is 5.15. The predicted octanol–water partition coefficient (Wildman–Crippen LogP) is 3.96. The fourth-order valence-electron chi connectivity index (χ4n) is 2.37. The summed E-state index contributed by atoms with van der Waals surface area (Å²) in [6.45, 7) is 0. The molecule has 2 N–H and O–H groups in total. The van der Waals surface area contributed by atoms with Crippen molar-refractivity contribution >= 4 is 23.0 Å². The second-order valence-electron chi connectivity index (χ2n) is 5.47. The first-order valence-corrected chi connectivity index (χ1v) is 7.85. The van der Waals surface area contributed by atoms with Gasteiger partial charge in [-0.1, -0.05) is 12.1 Å². The van der Waals surface area contributed by atoms with E-state index in [4.69, 9.17) is 10.00 Å². The molecule has 3 aromatic rings. The number of carbonyl (C=O) groups excluding carboxylic acids is 1. The minimum Gasteiger partial charge on any atom is -0.497 e. The van der Waals surface area contributed by atoms with Crippen molar-refractivity contribution < 1.29 is 9.53 Å². The minimum atomic E-state index is -0.278. The summed E-state index contributed by atoms with van der Waals surface area (Å²) in [7, 11) is 1.57. The Morgan fingerprint density at radius 1 is 1.04 bits per heavy atom. The highest BCUT2D eigenvalue weighted by Crippen LogP contribution is 2.20. The first kappa shape index (κ1) is 17.0. The SMILES string of the molecule is COc1cccc(NC(=O)c2cncc(Nc3cccc(C#N)c3)c2)c1. The van der Waals surface area contributed by atoms with Gasteiger partial charge in [-0.25, -0.2) is 0 Å². The number of nitrogens with zero attached hydrogens (tertiary/aromatic N) is 2. The number of hydrogen-bond donors (Lipinski definition) is 2. The number of methoxy groups -OCH3 is 1. The number of nitriles is 1. The van der Waals surface area contributed by atoms with E-state index in [1.807, 2.05) is 6.07 Å². The topological polar surface area (TPSA) is 87.0 Å². The van der Waals surface area contributed by atoms with Crippen molar-refractivity contribution in [1.29, 1.82) is 5.26 Å². The van der Waals surface area contributed by atoms with Crippen LogP contribution in [0.3, 0.4) is 0 Å². The minimum absolute atomic E-state index is 0.278. The highest BCUT2D eigenvalue weighted by atomic mass is 16.5. The molecule has 0 aliphatic rings. The number of benzene rings is 2. The summed E-state index contributed by atoms with van der Waals surface area (Å²) in [6, 6.07) is 18.0. The van der Waals surface area contributed by atoms with Gasteiger partial charge in [-0.05, 0) is 36.4 Å². The Morgan fingerprint density at radius 2 is 1.85 bits per heavy atom. The van der Waals surface area contributed by atoms with Gasteiger partial charge < -0.3 is 15.4 Å². The van der Waals surface area contributed by atoms with E-state index < -0.39 is 0 Å². The summed E-state index contributed by atoms with van der Waals surface area (Å²) in [5.41, 5.74) is 2.99. The van der Waals surface area contributed by atoms with E-state index in [0.29, 0.717) is 28.3 Å². The number of rotatable bonds is 5. The van der Waals surface area contributed by atoms with Crippen LogP contribution in [0.4, 0.5) is 17.1 Å². The van der Waals surface area contributed by atoms with Gasteiger partial charge in [0.25, 0.3) is 5.91 Å². The summed E-state index contributed by atoms with van der Waals surface area (Å²) in [5, 5.41) is 14.9. The Hall–Kier alpha value is -3.85. The van der Waals surface area contributed by atoms with Crippen LogP contribution in [-0.2, 0) is 0 Å². The Kier molecular flexibility index (Phi) is 5.11. The molecule has 6 heteroatoms. The molecule has 1 aromatic heterocycles. The van der Waals surface area contributed by atoms with E-state index in [1.165, 1.54) is 6.20 Å². The first-order valence-electron chi connectivity index (χ1n) is 7.85. The molecule has 26 heavy (non-hydrogen) atoms. The second kappa shape index (κ2) is 7.81. The number of aromatic nitrogens is 1. The fraction of sp³-hybridized carbons (Fsp3) is 0.0500. The molecule has 0 aliphatic heterocycles. The molecule has 0 radical (unpaired) electrons. The molecular formula is C20H16N4O2. The second-order valence-corrected chi connectivity index (χ2v) is 5.47. The number of ether oxygens (including phenoxy) is 1. The van der Waals surface area contributed by atoms with E-state index in [0.717, 1.165) is 5.69 Å². The highest BCUT2D eigenvalue weighted by molar-refractivity contribution is 6.04. The maximum Gasteiger partial charge on any atom is 0.257 e. The molecule has 0 saturated heterocycles. The van der Waals surface area contributed by atoms with Crippen LogP contribution in [0, 0.1) is 11.3 Å². The van der Waals surface area contributed by atoms with E-state index in [9.17, 15) is 4.79 Å². The number of amides is 1. The molecule has 0 atom stereocenters. The third-order valence-electron chi connectivity index (χ3n) is 3.61. The molecule has 6 nitrogen and oxygen atoms in total. The van der Waals surface area contributed by atoms with Crippen LogP contribution in [0.1, 0.15) is 15.9 Å². The lowest BCUT2D eigenvalue weighted by Gasteiger charge is -2.09. The van der Waals surface area contributed by atoms with Crippen molar-refractivity contribution in [2.24, 2.45) is 0 Å². The van der Waals surface area contributed by atoms with Crippen LogP contribution in [0.5, 0.6) is 5.75 Å². The summed E-state index contributed by atoms with van der Waals surface area (Å²) in [4.78, 5) is 16.6. The predicted molar refractivity (Wildman–Crippen MR) is 99.6 cm³/mol. The lowest BCUT2D eigenvalue weighted by Crippen LogP contribution is -2.12. The Balaban J connectivity index is 1.75. The average molecular weight is 344 g/mol. The normalized spacial score (nSPS) is 9.85. The molecule has 128 valence electrons. The summed E-state index contributed by atoms with van der Waals surface area (Å²) in [5.74, 6) is 0.383. The Morgan fingerprint density at radius 3 is 2.65 bits per heavy atom. The lowest BCUT2D eigenvalue weighted by molar-refractivity contribution is 0.102. The highest BCUT2D eigenvalue weighted by Gasteiger charge is 2.08. The van der Waals surface area contributed by atoms with E-state index in [2.05, 4.69) is 21.7 Å². The van der Waals surface area contributed by atoms with E-state index in [-0.39, 0.29) is 5.91 Å². The number of anilines is 3. The molecule has 0 unspecified atom stereocenters. The van der Waals surface area contributed by atoms with Gasteiger partial charge in [-0.2, -0.15) is 5.26 Å². The van der Waals surface area contributed by atoms with Crippen molar-refractivity contribution in [3.05, 3.63) is 78.1 Å². The van der Waals surface area contributed by atoms with Gasteiger partial charge in [-0.15, -0.1) is 0 Å². The van der Waals surface area contributed by atoms with Gasteiger partial charge in [0.1, 0.15) is 5.75 Å². The van der Waals surface area contributed by atoms with Gasteiger partial charge in [0.2, 0.25) is 0 Å². The summed E-state index contributed by atoms with van der Waals surface area (Å²) >= 11 is 0. The maximum absolute atomic E-state index is 12.5. The van der Waals surface area contributed by atoms with Crippen molar-refractivity contribution in [3.63, 3.8) is 0 Å². The van der Waals surface area contributed by atoms with Gasteiger partial charge in [0, 0.05) is 23.6 Å². The van der Waals surface area contributed by atoms with Crippen LogP contribution < -0.4 is 15.4 Å².